The summed E-state index contributed by atoms with van der Waals surface area (Å²) < 4.78 is 10.1. The molecule has 0 aromatic carbocycles. The molecule has 0 radical (unpaired) electrons. The predicted molar refractivity (Wildman–Crippen MR) is 76.1 cm³/mol. The number of aliphatic hydroxyl groups excluding tert-OH is 1. The van der Waals surface area contributed by atoms with Crippen LogP contribution in [0.3, 0.4) is 0 Å². The topological polar surface area (TPSA) is 93.1 Å². The average Bonchev–Trinajstić information content (AvgIpc) is 2.47. The van der Waals surface area contributed by atoms with E-state index < -0.39 is 17.9 Å². The van der Waals surface area contributed by atoms with Crippen LogP contribution in [0.2, 0.25) is 0 Å². The highest BCUT2D eigenvalue weighted by atomic mass is 16.5. The van der Waals surface area contributed by atoms with Crippen LogP contribution in [-0.2, 0) is 23.9 Å². The van der Waals surface area contributed by atoms with Gasteiger partial charge in [-0.05, 0) is 13.3 Å². The van der Waals surface area contributed by atoms with Gasteiger partial charge in [0.1, 0.15) is 17.4 Å². The summed E-state index contributed by atoms with van der Waals surface area (Å²) in [5, 5.41) is 9.94. The van der Waals surface area contributed by atoms with Crippen LogP contribution in [-0.4, -0.2) is 60.1 Å². The lowest BCUT2D eigenvalue weighted by Gasteiger charge is -2.26. The maximum Gasteiger partial charge on any atom is 0.345 e. The normalized spacial score (nSPS) is 25.0. The van der Waals surface area contributed by atoms with Crippen molar-refractivity contribution in [3.8, 4) is 0 Å². The lowest BCUT2D eigenvalue weighted by atomic mass is 9.99. The first-order chi connectivity index (χ1) is 10.5. The lowest BCUT2D eigenvalue weighted by molar-refractivity contribution is -0.150. The van der Waals surface area contributed by atoms with E-state index in [1.807, 2.05) is 0 Å². The van der Waals surface area contributed by atoms with E-state index in [1.165, 1.54) is 0 Å². The average molecular weight is 311 g/mol. The number of ether oxygens (including phenoxy) is 2. The lowest BCUT2D eigenvalue weighted by Crippen LogP contribution is -2.40. The number of Topliss-reactive ketones (excluding diaryl/α,β-unsaturated/α-hetero) is 1. The van der Waals surface area contributed by atoms with Gasteiger partial charge in [0.25, 0.3) is 0 Å². The number of allylic oxidation sites excluding steroid dienone is 1. The quantitative estimate of drug-likeness (QED) is 0.356. The van der Waals surface area contributed by atoms with Crippen molar-refractivity contribution in [3.63, 3.8) is 0 Å². The number of hydrogen-bond acceptors (Lipinski definition) is 6. The zero-order valence-corrected chi connectivity index (χ0v) is 12.7. The summed E-state index contributed by atoms with van der Waals surface area (Å²) in [5.74, 6) is -1.47. The SMILES string of the molecule is C[C@@H]1CC(=O)/C(=C(\O)CCCC(=O)N2CCOCC2)C(=O)O1. The number of carbonyl (C=O) groups excluding carboxylic acids is 3. The van der Waals surface area contributed by atoms with Crippen LogP contribution in [0.25, 0.3) is 0 Å². The second-order valence-electron chi connectivity index (χ2n) is 5.51. The van der Waals surface area contributed by atoms with Crippen LogP contribution >= 0.6 is 0 Å². The molecule has 2 aliphatic rings. The van der Waals surface area contributed by atoms with Gasteiger partial charge in [-0.15, -0.1) is 0 Å². The number of hydrogen-bond donors (Lipinski definition) is 1. The molecule has 2 rings (SSSR count). The van der Waals surface area contributed by atoms with Crippen LogP contribution < -0.4 is 0 Å². The monoisotopic (exact) mass is 311 g/mol. The molecule has 2 heterocycles. The predicted octanol–water partition coefficient (Wildman–Crippen LogP) is 0.732. The Labute approximate surface area is 128 Å². The fraction of sp³-hybridized carbons (Fsp3) is 0.667. The number of esters is 1. The van der Waals surface area contributed by atoms with Crippen molar-refractivity contribution in [2.75, 3.05) is 26.3 Å². The molecule has 0 aromatic rings. The summed E-state index contributed by atoms with van der Waals surface area (Å²) in [6.45, 7) is 3.87. The van der Waals surface area contributed by atoms with Crippen LogP contribution in [0.1, 0.15) is 32.6 Å². The number of carbonyl (C=O) groups is 3. The summed E-state index contributed by atoms with van der Waals surface area (Å²) in [5.41, 5.74) is -0.267. The Morgan fingerprint density at radius 1 is 1.27 bits per heavy atom. The van der Waals surface area contributed by atoms with E-state index in [4.69, 9.17) is 9.47 Å². The molecule has 0 aliphatic carbocycles. The molecule has 0 saturated carbocycles. The van der Waals surface area contributed by atoms with Crippen LogP contribution in [0, 0.1) is 0 Å². The molecule has 1 N–H and O–H groups in total. The molecule has 2 aliphatic heterocycles. The van der Waals surface area contributed by atoms with Gasteiger partial charge in [-0.2, -0.15) is 0 Å². The number of nitrogens with zero attached hydrogens (tertiary/aromatic N) is 1. The highest BCUT2D eigenvalue weighted by Crippen LogP contribution is 2.21. The minimum atomic E-state index is -0.777. The van der Waals surface area contributed by atoms with Gasteiger partial charge in [-0.25, -0.2) is 4.79 Å². The Hall–Kier alpha value is -1.89. The van der Waals surface area contributed by atoms with Crippen molar-refractivity contribution in [2.24, 2.45) is 0 Å². The molecular weight excluding hydrogens is 290 g/mol. The molecule has 122 valence electrons. The van der Waals surface area contributed by atoms with Crippen LogP contribution in [0.4, 0.5) is 0 Å². The number of amides is 1. The third kappa shape index (κ3) is 4.07. The molecule has 1 atom stereocenters. The third-order valence-electron chi connectivity index (χ3n) is 3.72. The summed E-state index contributed by atoms with van der Waals surface area (Å²) >= 11 is 0. The minimum absolute atomic E-state index is 0.00716. The Bertz CT molecular complexity index is 472. The molecule has 0 bridgehead atoms. The molecule has 0 aromatic heterocycles. The number of cyclic esters (lactones) is 1. The first kappa shape index (κ1) is 16.5. The zero-order valence-electron chi connectivity index (χ0n) is 12.7. The van der Waals surface area contributed by atoms with Crippen LogP contribution in [0.5, 0.6) is 0 Å². The number of morpholine rings is 1. The summed E-state index contributed by atoms with van der Waals surface area (Å²) in [6.07, 6.45) is 0.372. The molecule has 1 amide bonds. The van der Waals surface area contributed by atoms with Gasteiger partial charge in [0, 0.05) is 32.4 Å². The molecular formula is C15H21NO6. The van der Waals surface area contributed by atoms with Crippen molar-refractivity contribution in [1.82, 2.24) is 4.90 Å². The first-order valence-corrected chi connectivity index (χ1v) is 7.51. The van der Waals surface area contributed by atoms with Gasteiger partial charge < -0.3 is 19.5 Å². The van der Waals surface area contributed by atoms with E-state index in [0.29, 0.717) is 32.7 Å². The maximum absolute atomic E-state index is 11.9. The first-order valence-electron chi connectivity index (χ1n) is 7.51. The van der Waals surface area contributed by atoms with E-state index in [1.54, 1.807) is 11.8 Å². The molecule has 2 fully saturated rings. The van der Waals surface area contributed by atoms with Crippen molar-refractivity contribution in [3.05, 3.63) is 11.3 Å². The van der Waals surface area contributed by atoms with Crippen LogP contribution in [0.15, 0.2) is 11.3 Å². The molecule has 0 unspecified atom stereocenters. The summed E-state index contributed by atoms with van der Waals surface area (Å²) in [7, 11) is 0. The fourth-order valence-electron chi connectivity index (χ4n) is 2.54. The second kappa shape index (κ2) is 7.40. The standard InChI is InChI=1S/C15H21NO6/c1-10-9-12(18)14(15(20)22-10)11(17)3-2-4-13(19)16-5-7-21-8-6-16/h10,17H,2-9H2,1H3/b14-11+/t10-/m1/s1. The van der Waals surface area contributed by atoms with E-state index in [9.17, 15) is 19.5 Å². The third-order valence-corrected chi connectivity index (χ3v) is 3.72. The number of rotatable bonds is 4. The number of ketones is 1. The zero-order chi connectivity index (χ0) is 16.1. The Morgan fingerprint density at radius 3 is 2.59 bits per heavy atom. The maximum atomic E-state index is 11.9. The Kier molecular flexibility index (Phi) is 5.54. The Balaban J connectivity index is 1.85. The fourth-order valence-corrected chi connectivity index (χ4v) is 2.54. The van der Waals surface area contributed by atoms with Crippen molar-refractivity contribution in [2.45, 2.75) is 38.7 Å². The molecule has 7 nitrogen and oxygen atoms in total. The van der Waals surface area contributed by atoms with Crippen molar-refractivity contribution in [1.29, 1.82) is 0 Å². The van der Waals surface area contributed by atoms with E-state index in [-0.39, 0.29) is 36.5 Å². The second-order valence-corrected chi connectivity index (χ2v) is 5.51. The molecule has 0 spiro atoms. The smallest absolute Gasteiger partial charge is 0.345 e. The minimum Gasteiger partial charge on any atom is -0.511 e. The van der Waals surface area contributed by atoms with Gasteiger partial charge in [0.2, 0.25) is 5.91 Å². The van der Waals surface area contributed by atoms with Crippen molar-refractivity contribution < 1.29 is 29.0 Å². The van der Waals surface area contributed by atoms with E-state index >= 15 is 0 Å². The van der Waals surface area contributed by atoms with Gasteiger partial charge in [0.05, 0.1) is 13.2 Å². The highest BCUT2D eigenvalue weighted by molar-refractivity contribution is 6.19. The van der Waals surface area contributed by atoms with E-state index in [0.717, 1.165) is 0 Å². The van der Waals surface area contributed by atoms with E-state index in [2.05, 4.69) is 0 Å². The summed E-state index contributed by atoms with van der Waals surface area (Å²) in [6, 6.07) is 0. The van der Waals surface area contributed by atoms with Crippen molar-refractivity contribution >= 4 is 17.7 Å². The Morgan fingerprint density at radius 2 is 1.95 bits per heavy atom. The van der Waals surface area contributed by atoms with Gasteiger partial charge in [0.15, 0.2) is 5.78 Å². The molecule has 22 heavy (non-hydrogen) atoms. The largest absolute Gasteiger partial charge is 0.511 e. The van der Waals surface area contributed by atoms with Gasteiger partial charge >= 0.3 is 5.97 Å². The number of aliphatic hydroxyl groups is 1. The van der Waals surface area contributed by atoms with Gasteiger partial charge in [-0.3, -0.25) is 9.59 Å². The van der Waals surface area contributed by atoms with Gasteiger partial charge in [-0.1, -0.05) is 0 Å². The highest BCUT2D eigenvalue weighted by Gasteiger charge is 2.32. The molecule has 7 heteroatoms. The molecule has 2 saturated heterocycles. The summed E-state index contributed by atoms with van der Waals surface area (Å²) in [4.78, 5) is 37.1.